The van der Waals surface area contributed by atoms with Gasteiger partial charge in [0, 0.05) is 26.3 Å². The number of benzene rings is 1. The summed E-state index contributed by atoms with van der Waals surface area (Å²) >= 11 is 0. The van der Waals surface area contributed by atoms with Crippen molar-refractivity contribution >= 4 is 11.7 Å². The molecule has 20 heavy (non-hydrogen) atoms. The smallest absolute Gasteiger partial charge is 0.323 e. The summed E-state index contributed by atoms with van der Waals surface area (Å²) in [7, 11) is 5.47. The van der Waals surface area contributed by atoms with Crippen molar-refractivity contribution in [2.24, 2.45) is 5.92 Å². The maximum Gasteiger partial charge on any atom is 0.323 e. The van der Waals surface area contributed by atoms with Gasteiger partial charge in [0.25, 0.3) is 0 Å². The van der Waals surface area contributed by atoms with E-state index in [1.54, 1.807) is 0 Å². The Labute approximate surface area is 122 Å². The quantitative estimate of drug-likeness (QED) is 0.778. The van der Waals surface area contributed by atoms with E-state index in [2.05, 4.69) is 48.3 Å². The maximum atomic E-state index is 11.8. The average Bonchev–Trinajstić information content (AvgIpc) is 2.47. The molecule has 0 radical (unpaired) electrons. The first kappa shape index (κ1) is 16.5. The normalized spacial score (nSPS) is 13.7. The predicted octanol–water partition coefficient (Wildman–Crippen LogP) is 2.43. The van der Waals surface area contributed by atoms with Crippen LogP contribution < -0.4 is 10.2 Å². The van der Waals surface area contributed by atoms with Crippen molar-refractivity contribution < 1.29 is 9.53 Å². The molecule has 0 saturated heterocycles. The molecule has 0 bridgehead atoms. The Morgan fingerprint density at radius 1 is 1.30 bits per heavy atom. The van der Waals surface area contributed by atoms with Gasteiger partial charge >= 0.3 is 5.97 Å². The van der Waals surface area contributed by atoms with Gasteiger partial charge in [-0.1, -0.05) is 32.4 Å². The average molecular weight is 278 g/mol. The standard InChI is InChI=1S/C16H26N2O2/c1-6-12(2)15(16(19)20-5)17-11-13-7-9-14(10-8-13)18(3)4/h7-10,12,15,17H,6,11H2,1-5H3. The molecule has 1 aromatic rings. The highest BCUT2D eigenvalue weighted by Gasteiger charge is 2.23. The Bertz CT molecular complexity index is 415. The van der Waals surface area contributed by atoms with Crippen LogP contribution >= 0.6 is 0 Å². The lowest BCUT2D eigenvalue weighted by Crippen LogP contribution is -2.42. The Balaban J connectivity index is 2.65. The molecule has 112 valence electrons. The van der Waals surface area contributed by atoms with Crippen LogP contribution in [-0.4, -0.2) is 33.2 Å². The van der Waals surface area contributed by atoms with Crippen LogP contribution in [0.25, 0.3) is 0 Å². The zero-order valence-electron chi connectivity index (χ0n) is 13.1. The lowest BCUT2D eigenvalue weighted by Gasteiger charge is -2.22. The van der Waals surface area contributed by atoms with Crippen LogP contribution in [0, 0.1) is 5.92 Å². The van der Waals surface area contributed by atoms with Crippen LogP contribution in [0.1, 0.15) is 25.8 Å². The molecule has 0 saturated carbocycles. The van der Waals surface area contributed by atoms with Crippen molar-refractivity contribution in [3.63, 3.8) is 0 Å². The van der Waals surface area contributed by atoms with Crippen molar-refractivity contribution in [1.29, 1.82) is 0 Å². The minimum atomic E-state index is -0.251. The van der Waals surface area contributed by atoms with Crippen LogP contribution in [-0.2, 0) is 16.1 Å². The summed E-state index contributed by atoms with van der Waals surface area (Å²) in [5, 5.41) is 3.30. The van der Waals surface area contributed by atoms with Crippen LogP contribution in [0.2, 0.25) is 0 Å². The predicted molar refractivity (Wildman–Crippen MR) is 82.9 cm³/mol. The van der Waals surface area contributed by atoms with E-state index in [1.165, 1.54) is 12.8 Å². The summed E-state index contributed by atoms with van der Waals surface area (Å²) in [6, 6.07) is 8.06. The zero-order valence-corrected chi connectivity index (χ0v) is 13.1. The maximum absolute atomic E-state index is 11.8. The highest BCUT2D eigenvalue weighted by molar-refractivity contribution is 5.76. The van der Waals surface area contributed by atoms with Crippen molar-refractivity contribution in [2.75, 3.05) is 26.1 Å². The lowest BCUT2D eigenvalue weighted by molar-refractivity contribution is -0.144. The Kier molecular flexibility index (Phi) is 6.52. The molecule has 2 unspecified atom stereocenters. The molecule has 0 fully saturated rings. The molecule has 1 N–H and O–H groups in total. The van der Waals surface area contributed by atoms with Crippen LogP contribution in [0.15, 0.2) is 24.3 Å². The summed E-state index contributed by atoms with van der Waals surface area (Å²) in [4.78, 5) is 13.8. The number of anilines is 1. The number of esters is 1. The number of nitrogens with one attached hydrogen (secondary N) is 1. The number of ether oxygens (including phenoxy) is 1. The molecule has 0 aliphatic carbocycles. The Morgan fingerprint density at radius 2 is 1.90 bits per heavy atom. The third kappa shape index (κ3) is 4.53. The van der Waals surface area contributed by atoms with E-state index in [-0.39, 0.29) is 17.9 Å². The van der Waals surface area contributed by atoms with Gasteiger partial charge in [-0.25, -0.2) is 0 Å². The van der Waals surface area contributed by atoms with Crippen molar-refractivity contribution in [3.8, 4) is 0 Å². The number of hydrogen-bond donors (Lipinski definition) is 1. The van der Waals surface area contributed by atoms with E-state index in [4.69, 9.17) is 4.74 Å². The van der Waals surface area contributed by atoms with Gasteiger partial charge in [0.2, 0.25) is 0 Å². The zero-order chi connectivity index (χ0) is 15.1. The molecule has 0 amide bonds. The van der Waals surface area contributed by atoms with Crippen molar-refractivity contribution in [2.45, 2.75) is 32.9 Å². The van der Waals surface area contributed by atoms with E-state index in [0.717, 1.165) is 12.0 Å². The van der Waals surface area contributed by atoms with Crippen LogP contribution in [0.4, 0.5) is 5.69 Å². The topological polar surface area (TPSA) is 41.6 Å². The molecule has 0 aromatic heterocycles. The van der Waals surface area contributed by atoms with E-state index in [0.29, 0.717) is 6.54 Å². The largest absolute Gasteiger partial charge is 0.468 e. The number of nitrogens with zero attached hydrogens (tertiary/aromatic N) is 1. The van der Waals surface area contributed by atoms with Gasteiger partial charge in [0.15, 0.2) is 0 Å². The molecule has 4 nitrogen and oxygen atoms in total. The number of methoxy groups -OCH3 is 1. The number of hydrogen-bond acceptors (Lipinski definition) is 4. The Morgan fingerprint density at radius 3 is 2.35 bits per heavy atom. The molecule has 1 aromatic carbocycles. The van der Waals surface area contributed by atoms with Gasteiger partial charge in [0.05, 0.1) is 7.11 Å². The first-order chi connectivity index (χ1) is 9.49. The summed E-state index contributed by atoms with van der Waals surface area (Å²) in [5.74, 6) is 0.0627. The fraction of sp³-hybridized carbons (Fsp3) is 0.562. The molecule has 0 heterocycles. The van der Waals surface area contributed by atoms with Gasteiger partial charge < -0.3 is 15.0 Å². The van der Waals surface area contributed by atoms with E-state index in [1.807, 2.05) is 14.1 Å². The van der Waals surface area contributed by atoms with E-state index < -0.39 is 0 Å². The second kappa shape index (κ2) is 7.90. The monoisotopic (exact) mass is 278 g/mol. The van der Waals surface area contributed by atoms with Crippen molar-refractivity contribution in [1.82, 2.24) is 5.32 Å². The number of carbonyl (C=O) groups is 1. The summed E-state index contributed by atoms with van der Waals surface area (Å²) in [6.07, 6.45) is 0.937. The highest BCUT2D eigenvalue weighted by atomic mass is 16.5. The van der Waals surface area contributed by atoms with Gasteiger partial charge in [-0.2, -0.15) is 0 Å². The highest BCUT2D eigenvalue weighted by Crippen LogP contribution is 2.14. The minimum Gasteiger partial charge on any atom is -0.468 e. The molecule has 2 atom stereocenters. The fourth-order valence-corrected chi connectivity index (χ4v) is 2.02. The van der Waals surface area contributed by atoms with Crippen molar-refractivity contribution in [3.05, 3.63) is 29.8 Å². The third-order valence-corrected chi connectivity index (χ3v) is 3.65. The molecular weight excluding hydrogens is 252 g/mol. The second-order valence-corrected chi connectivity index (χ2v) is 5.33. The molecule has 0 aliphatic heterocycles. The van der Waals surface area contributed by atoms with Crippen LogP contribution in [0.3, 0.4) is 0 Å². The third-order valence-electron chi connectivity index (χ3n) is 3.65. The minimum absolute atomic E-state index is 0.190. The molecule has 4 heteroatoms. The first-order valence-corrected chi connectivity index (χ1v) is 7.07. The molecular formula is C16H26N2O2. The lowest BCUT2D eigenvalue weighted by atomic mass is 9.99. The molecule has 0 spiro atoms. The summed E-state index contributed by atoms with van der Waals surface area (Å²) in [6.45, 7) is 4.80. The Hall–Kier alpha value is -1.55. The fourth-order valence-electron chi connectivity index (χ4n) is 2.02. The van der Waals surface area contributed by atoms with Crippen LogP contribution in [0.5, 0.6) is 0 Å². The van der Waals surface area contributed by atoms with Gasteiger partial charge in [-0.15, -0.1) is 0 Å². The number of carbonyl (C=O) groups excluding carboxylic acids is 1. The molecule has 0 aliphatic rings. The van der Waals surface area contributed by atoms with Gasteiger partial charge in [0.1, 0.15) is 6.04 Å². The molecule has 1 rings (SSSR count). The SMILES string of the molecule is CCC(C)C(NCc1ccc(N(C)C)cc1)C(=O)OC. The second-order valence-electron chi connectivity index (χ2n) is 5.33. The summed E-state index contributed by atoms with van der Waals surface area (Å²) < 4.78 is 4.87. The first-order valence-electron chi connectivity index (χ1n) is 7.07. The number of rotatable bonds is 7. The van der Waals surface area contributed by atoms with Gasteiger partial charge in [-0.3, -0.25) is 4.79 Å². The van der Waals surface area contributed by atoms with Gasteiger partial charge in [-0.05, 0) is 23.6 Å². The van der Waals surface area contributed by atoms with E-state index in [9.17, 15) is 4.79 Å². The summed E-state index contributed by atoms with van der Waals surface area (Å²) in [5.41, 5.74) is 2.33. The van der Waals surface area contributed by atoms with E-state index >= 15 is 0 Å².